The fraction of sp³-hybridized carbons (Fsp3) is 0.400. The van der Waals surface area contributed by atoms with Crippen molar-refractivity contribution in [3.05, 3.63) is 34.4 Å². The number of nitrogens with zero attached hydrogens (tertiary/aromatic N) is 1. The number of carbonyl (C=O) groups excluding carboxylic acids is 1. The van der Waals surface area contributed by atoms with Crippen LogP contribution in [0.2, 0.25) is 0 Å². The zero-order valence-corrected chi connectivity index (χ0v) is 12.5. The van der Waals surface area contributed by atoms with Crippen molar-refractivity contribution in [3.8, 4) is 0 Å². The van der Waals surface area contributed by atoms with Crippen LogP contribution in [0.1, 0.15) is 30.1 Å². The van der Waals surface area contributed by atoms with Crippen molar-refractivity contribution in [2.24, 2.45) is 0 Å². The van der Waals surface area contributed by atoms with Gasteiger partial charge in [-0.3, -0.25) is 4.79 Å². The molecular weight excluding hydrogens is 304 g/mol. The van der Waals surface area contributed by atoms with Gasteiger partial charge in [0.2, 0.25) is 0 Å². The van der Waals surface area contributed by atoms with Crippen LogP contribution in [0.15, 0.2) is 28.9 Å². The Morgan fingerprint density at radius 2 is 2.37 bits per heavy atom. The van der Waals surface area contributed by atoms with Gasteiger partial charge in [0.15, 0.2) is 5.78 Å². The molecule has 2 aromatic rings. The summed E-state index contributed by atoms with van der Waals surface area (Å²) in [5.74, 6) is 0.229. The normalized spacial score (nSPS) is 19.2. The summed E-state index contributed by atoms with van der Waals surface area (Å²) in [7, 11) is 0. The summed E-state index contributed by atoms with van der Waals surface area (Å²) in [5, 5.41) is 4.34. The molecule has 1 aromatic carbocycles. The predicted octanol–water partition coefficient (Wildman–Crippen LogP) is 3.36. The second kappa shape index (κ2) is 5.10. The predicted molar refractivity (Wildman–Crippen MR) is 80.7 cm³/mol. The van der Waals surface area contributed by atoms with Crippen molar-refractivity contribution in [2.75, 3.05) is 6.54 Å². The molecule has 0 amide bonds. The average Bonchev–Trinajstić information content (AvgIpc) is 3.05. The van der Waals surface area contributed by atoms with Crippen molar-refractivity contribution >= 4 is 32.6 Å². The summed E-state index contributed by atoms with van der Waals surface area (Å²) >= 11 is 3.49. The number of aryl methyl sites for hydroxylation is 1. The minimum atomic E-state index is -0.00473. The molecule has 0 radical (unpaired) electrons. The molecule has 19 heavy (non-hydrogen) atoms. The summed E-state index contributed by atoms with van der Waals surface area (Å²) < 4.78 is 3.16. The van der Waals surface area contributed by atoms with Crippen molar-refractivity contribution in [1.82, 2.24) is 9.88 Å². The van der Waals surface area contributed by atoms with Crippen molar-refractivity contribution < 1.29 is 4.79 Å². The SMILES string of the molecule is CCn1cc(C(=O)C2CCCN2)c2cc(Br)ccc21. The van der Waals surface area contributed by atoms with Gasteiger partial charge in [0.05, 0.1) is 6.04 Å². The molecule has 1 aliphatic rings. The van der Waals surface area contributed by atoms with E-state index in [0.29, 0.717) is 0 Å². The van der Waals surface area contributed by atoms with Crippen molar-refractivity contribution in [1.29, 1.82) is 0 Å². The molecule has 1 saturated heterocycles. The molecule has 3 rings (SSSR count). The molecule has 0 bridgehead atoms. The highest BCUT2D eigenvalue weighted by molar-refractivity contribution is 9.10. The Morgan fingerprint density at radius 3 is 3.05 bits per heavy atom. The molecule has 100 valence electrons. The molecule has 2 heterocycles. The summed E-state index contributed by atoms with van der Waals surface area (Å²) in [4.78, 5) is 12.6. The van der Waals surface area contributed by atoms with Crippen LogP contribution < -0.4 is 5.32 Å². The van der Waals surface area contributed by atoms with E-state index in [-0.39, 0.29) is 11.8 Å². The first kappa shape index (κ1) is 12.9. The monoisotopic (exact) mass is 320 g/mol. The highest BCUT2D eigenvalue weighted by atomic mass is 79.9. The minimum absolute atomic E-state index is 0.00473. The van der Waals surface area contributed by atoms with Gasteiger partial charge in [0.25, 0.3) is 0 Å². The van der Waals surface area contributed by atoms with Crippen LogP contribution >= 0.6 is 15.9 Å². The second-order valence-corrected chi connectivity index (χ2v) is 5.92. The lowest BCUT2D eigenvalue weighted by molar-refractivity contribution is 0.0954. The van der Waals surface area contributed by atoms with Gasteiger partial charge in [-0.05, 0) is 44.5 Å². The molecule has 1 atom stereocenters. The number of benzene rings is 1. The van der Waals surface area contributed by atoms with E-state index in [1.807, 2.05) is 18.3 Å². The largest absolute Gasteiger partial charge is 0.347 e. The first-order chi connectivity index (χ1) is 9.20. The second-order valence-electron chi connectivity index (χ2n) is 5.00. The van der Waals surface area contributed by atoms with E-state index in [1.54, 1.807) is 0 Å². The third-order valence-electron chi connectivity index (χ3n) is 3.83. The van der Waals surface area contributed by atoms with Crippen molar-refractivity contribution in [2.45, 2.75) is 32.4 Å². The van der Waals surface area contributed by atoms with Crippen LogP contribution in [0.25, 0.3) is 10.9 Å². The molecule has 4 heteroatoms. The standard InChI is InChI=1S/C15H17BrN2O/c1-2-18-9-12(15(19)13-4-3-7-17-13)11-8-10(16)5-6-14(11)18/h5-6,8-9,13,17H,2-4,7H2,1H3. The average molecular weight is 321 g/mol. The van der Waals surface area contributed by atoms with Gasteiger partial charge >= 0.3 is 0 Å². The topological polar surface area (TPSA) is 34.0 Å². The molecule has 1 fully saturated rings. The lowest BCUT2D eigenvalue weighted by Crippen LogP contribution is -2.30. The van der Waals surface area contributed by atoms with Gasteiger partial charge in [-0.2, -0.15) is 0 Å². The lowest BCUT2D eigenvalue weighted by atomic mass is 10.0. The van der Waals surface area contributed by atoms with Crippen LogP contribution in [0, 0.1) is 0 Å². The molecule has 1 aromatic heterocycles. The van der Waals surface area contributed by atoms with Crippen LogP contribution in [0.4, 0.5) is 0 Å². The smallest absolute Gasteiger partial charge is 0.181 e. The molecule has 3 nitrogen and oxygen atoms in total. The van der Waals surface area contributed by atoms with E-state index in [4.69, 9.17) is 0 Å². The minimum Gasteiger partial charge on any atom is -0.347 e. The highest BCUT2D eigenvalue weighted by Crippen LogP contribution is 2.27. The van der Waals surface area contributed by atoms with E-state index < -0.39 is 0 Å². The molecule has 1 unspecified atom stereocenters. The Bertz CT molecular complexity index is 626. The summed E-state index contributed by atoms with van der Waals surface area (Å²) in [6.07, 6.45) is 4.04. The van der Waals surface area contributed by atoms with E-state index in [0.717, 1.165) is 46.9 Å². The maximum Gasteiger partial charge on any atom is 0.181 e. The van der Waals surface area contributed by atoms with Gasteiger partial charge in [0.1, 0.15) is 0 Å². The Hall–Kier alpha value is -1.13. The number of hydrogen-bond donors (Lipinski definition) is 1. The first-order valence-corrected chi connectivity index (χ1v) is 7.56. The summed E-state index contributed by atoms with van der Waals surface area (Å²) in [6, 6.07) is 6.14. The fourth-order valence-electron chi connectivity index (χ4n) is 2.82. The van der Waals surface area contributed by atoms with Gasteiger partial charge < -0.3 is 9.88 Å². The van der Waals surface area contributed by atoms with E-state index >= 15 is 0 Å². The maximum atomic E-state index is 12.6. The van der Waals surface area contributed by atoms with Gasteiger partial charge in [-0.1, -0.05) is 15.9 Å². The quantitative estimate of drug-likeness (QED) is 0.880. The Labute approximate surface area is 121 Å². The van der Waals surface area contributed by atoms with Gasteiger partial charge in [0, 0.05) is 33.7 Å². The Morgan fingerprint density at radius 1 is 1.53 bits per heavy atom. The van der Waals surface area contributed by atoms with Gasteiger partial charge in [-0.25, -0.2) is 0 Å². The molecule has 0 spiro atoms. The summed E-state index contributed by atoms with van der Waals surface area (Å²) in [6.45, 7) is 3.93. The molecule has 1 aliphatic heterocycles. The number of carbonyl (C=O) groups is 1. The number of fused-ring (bicyclic) bond motifs is 1. The molecular formula is C15H17BrN2O. The van der Waals surface area contributed by atoms with Crippen molar-refractivity contribution in [3.63, 3.8) is 0 Å². The number of aromatic nitrogens is 1. The van der Waals surface area contributed by atoms with E-state index in [1.165, 1.54) is 0 Å². The number of Topliss-reactive ketones (excluding diaryl/α,β-unsaturated/α-hetero) is 1. The van der Waals surface area contributed by atoms with Crippen LogP contribution in [0.3, 0.4) is 0 Å². The van der Waals surface area contributed by atoms with Crippen LogP contribution in [0.5, 0.6) is 0 Å². The fourth-order valence-corrected chi connectivity index (χ4v) is 3.18. The lowest BCUT2D eigenvalue weighted by Gasteiger charge is -2.07. The highest BCUT2D eigenvalue weighted by Gasteiger charge is 2.26. The Balaban J connectivity index is 2.11. The molecule has 0 aliphatic carbocycles. The zero-order valence-electron chi connectivity index (χ0n) is 10.9. The third kappa shape index (κ3) is 2.23. The first-order valence-electron chi connectivity index (χ1n) is 6.76. The zero-order chi connectivity index (χ0) is 13.4. The van der Waals surface area contributed by atoms with Crippen LogP contribution in [-0.2, 0) is 6.54 Å². The van der Waals surface area contributed by atoms with E-state index in [9.17, 15) is 4.79 Å². The number of ketones is 1. The maximum absolute atomic E-state index is 12.6. The number of halogens is 1. The summed E-state index contributed by atoms with van der Waals surface area (Å²) in [5.41, 5.74) is 1.98. The number of hydrogen-bond acceptors (Lipinski definition) is 2. The van der Waals surface area contributed by atoms with E-state index in [2.05, 4.69) is 38.8 Å². The number of rotatable bonds is 3. The molecule has 1 N–H and O–H groups in total. The van der Waals surface area contributed by atoms with Gasteiger partial charge in [-0.15, -0.1) is 0 Å². The Kier molecular flexibility index (Phi) is 3.46. The third-order valence-corrected chi connectivity index (χ3v) is 4.32. The molecule has 0 saturated carbocycles. The number of nitrogens with one attached hydrogen (secondary N) is 1. The van der Waals surface area contributed by atoms with Crippen LogP contribution in [-0.4, -0.2) is 22.9 Å².